The summed E-state index contributed by atoms with van der Waals surface area (Å²) in [4.78, 5) is 28.6. The van der Waals surface area contributed by atoms with E-state index in [1.807, 2.05) is 31.2 Å². The van der Waals surface area contributed by atoms with Crippen molar-refractivity contribution < 1.29 is 24.5 Å². The Morgan fingerprint density at radius 1 is 1.03 bits per heavy atom. The van der Waals surface area contributed by atoms with Crippen molar-refractivity contribution in [2.75, 3.05) is 0 Å². The normalized spacial score (nSPS) is 52.7. The third kappa shape index (κ3) is 2.86. The molecule has 38 heavy (non-hydrogen) atoms. The summed E-state index contributed by atoms with van der Waals surface area (Å²) in [5.41, 5.74) is -0.333. The van der Waals surface area contributed by atoms with Gasteiger partial charge in [0.2, 0.25) is 5.91 Å². The van der Waals surface area contributed by atoms with Crippen molar-refractivity contribution in [3.8, 4) is 5.75 Å². The molecule has 6 nitrogen and oxygen atoms in total. The number of carbonyl (C=O) groups excluding carboxylic acids is 2. The van der Waals surface area contributed by atoms with Gasteiger partial charge in [-0.3, -0.25) is 9.59 Å². The van der Waals surface area contributed by atoms with Crippen LogP contribution in [-0.4, -0.2) is 46.3 Å². The van der Waals surface area contributed by atoms with E-state index in [4.69, 9.17) is 4.74 Å². The van der Waals surface area contributed by atoms with E-state index in [-0.39, 0.29) is 41.5 Å². The molecular formula is C32H41NO5. The van der Waals surface area contributed by atoms with Crippen molar-refractivity contribution in [2.45, 2.75) is 84.7 Å². The highest BCUT2D eigenvalue weighted by atomic mass is 16.5. The van der Waals surface area contributed by atoms with Crippen molar-refractivity contribution in [2.24, 2.45) is 51.8 Å². The lowest BCUT2D eigenvalue weighted by molar-refractivity contribution is -0.174. The minimum Gasteiger partial charge on any atom is -0.490 e. The number of hydrogen-bond donors (Lipinski definition) is 3. The molecule has 5 bridgehead atoms. The third-order valence-corrected chi connectivity index (χ3v) is 12.1. The van der Waals surface area contributed by atoms with Crippen LogP contribution in [0.15, 0.2) is 35.9 Å². The second-order valence-corrected chi connectivity index (χ2v) is 14.4. The van der Waals surface area contributed by atoms with Crippen LogP contribution in [0.3, 0.4) is 0 Å². The smallest absolute Gasteiger partial charge is 0.236 e. The van der Waals surface area contributed by atoms with E-state index in [2.05, 4.69) is 39.1 Å². The second kappa shape index (κ2) is 7.72. The fourth-order valence-electron chi connectivity index (χ4n) is 11.0. The van der Waals surface area contributed by atoms with Crippen LogP contribution in [0.1, 0.15) is 59.4 Å². The van der Waals surface area contributed by atoms with Gasteiger partial charge in [0.05, 0.1) is 18.2 Å². The third-order valence-electron chi connectivity index (χ3n) is 12.1. The number of Topliss-reactive ketones (excluding diaryl/α,β-unsaturated/α-hetero) is 1. The molecule has 3 N–H and O–H groups in total. The number of ether oxygens (including phenoxy) is 1. The van der Waals surface area contributed by atoms with E-state index in [1.54, 1.807) is 0 Å². The van der Waals surface area contributed by atoms with Gasteiger partial charge in [-0.1, -0.05) is 51.5 Å². The van der Waals surface area contributed by atoms with Gasteiger partial charge in [0.1, 0.15) is 17.3 Å². The maximum atomic E-state index is 14.9. The molecule has 4 aliphatic carbocycles. The lowest BCUT2D eigenvalue weighted by Gasteiger charge is -2.56. The first kappa shape index (κ1) is 24.8. The number of fused-ring (bicyclic) bond motifs is 4. The van der Waals surface area contributed by atoms with Gasteiger partial charge in [-0.15, -0.1) is 0 Å². The topological polar surface area (TPSA) is 95.9 Å². The van der Waals surface area contributed by atoms with Gasteiger partial charge in [-0.05, 0) is 73.5 Å². The van der Waals surface area contributed by atoms with Crippen LogP contribution in [0.4, 0.5) is 0 Å². The fourth-order valence-corrected chi connectivity index (χ4v) is 11.0. The molecule has 3 saturated carbocycles. The maximum Gasteiger partial charge on any atom is 0.236 e. The van der Waals surface area contributed by atoms with Crippen molar-refractivity contribution in [1.82, 2.24) is 5.32 Å². The number of carbonyl (C=O) groups is 2. The Morgan fingerprint density at radius 2 is 1.74 bits per heavy atom. The first-order chi connectivity index (χ1) is 17.9. The Hall–Kier alpha value is -2.18. The summed E-state index contributed by atoms with van der Waals surface area (Å²) < 4.78 is 6.97. The van der Waals surface area contributed by atoms with E-state index >= 15 is 0 Å². The van der Waals surface area contributed by atoms with Gasteiger partial charge in [0, 0.05) is 23.2 Å². The number of benzene rings is 1. The van der Waals surface area contributed by atoms with Gasteiger partial charge in [0.25, 0.3) is 0 Å². The van der Waals surface area contributed by atoms with Crippen LogP contribution in [0.25, 0.3) is 0 Å². The molecular weight excluding hydrogens is 478 g/mol. The summed E-state index contributed by atoms with van der Waals surface area (Å²) in [6.45, 7) is 11.2. The molecule has 1 saturated heterocycles. The zero-order valence-corrected chi connectivity index (χ0v) is 23.1. The Labute approximate surface area is 225 Å². The maximum absolute atomic E-state index is 14.9. The summed E-state index contributed by atoms with van der Waals surface area (Å²) in [6, 6.07) is 7.44. The highest BCUT2D eigenvalue weighted by Gasteiger charge is 2.74. The molecule has 3 aliphatic heterocycles. The summed E-state index contributed by atoms with van der Waals surface area (Å²) in [5.74, 6) is 0.688. The lowest BCUT2D eigenvalue weighted by atomic mass is 9.47. The molecule has 8 rings (SSSR count). The van der Waals surface area contributed by atoms with Crippen LogP contribution in [-0.2, 0) is 16.0 Å². The Kier molecular flexibility index (Phi) is 5.05. The molecule has 1 amide bonds. The Morgan fingerprint density at radius 3 is 2.45 bits per heavy atom. The number of aliphatic hydroxyl groups is 2. The molecule has 1 unspecified atom stereocenters. The minimum absolute atomic E-state index is 0.0540. The molecule has 3 heterocycles. The molecule has 7 aliphatic rings. The molecule has 1 aromatic carbocycles. The summed E-state index contributed by atoms with van der Waals surface area (Å²) >= 11 is 0. The summed E-state index contributed by atoms with van der Waals surface area (Å²) in [6.07, 6.45) is 2.36. The van der Waals surface area contributed by atoms with Crippen LogP contribution < -0.4 is 10.1 Å². The Balaban J connectivity index is 1.50. The molecule has 204 valence electrons. The molecule has 0 aromatic heterocycles. The first-order valence-corrected chi connectivity index (χ1v) is 14.6. The molecule has 6 heteroatoms. The molecule has 1 aromatic rings. The zero-order valence-electron chi connectivity index (χ0n) is 23.1. The van der Waals surface area contributed by atoms with Crippen molar-refractivity contribution in [1.29, 1.82) is 0 Å². The van der Waals surface area contributed by atoms with Crippen LogP contribution in [0.2, 0.25) is 0 Å². The standard InChI is InChI=1S/C32H41NO5/c1-15-10-16(2)24-26-22-23(31(24,5)12-15)17(3)13-30(4)21(34)14-32(28(36)25(22)30)27(35)20(33-29(32)37)11-18-6-8-19(38-26)9-7-18/h6-9,13,15-16,20-27,34-35H,10-12,14H2,1-5H3,(H,33,37)/t15-,16+,20?,21+,22+,23-,24+,25+,26+,27-,30-,31+,32+/m1/s1. The van der Waals surface area contributed by atoms with Gasteiger partial charge in [-0.2, -0.15) is 0 Å². The number of amides is 1. The van der Waals surface area contributed by atoms with Crippen LogP contribution in [0.5, 0.6) is 5.75 Å². The minimum atomic E-state index is -1.64. The van der Waals surface area contributed by atoms with E-state index in [1.165, 1.54) is 5.57 Å². The average Bonchev–Trinajstić information content (AvgIpc) is 3.22. The summed E-state index contributed by atoms with van der Waals surface area (Å²) in [5, 5.41) is 26.5. The number of nitrogens with one attached hydrogen (secondary N) is 1. The van der Waals surface area contributed by atoms with Crippen LogP contribution >= 0.6 is 0 Å². The number of aliphatic hydroxyl groups excluding tert-OH is 2. The van der Waals surface area contributed by atoms with Gasteiger partial charge < -0.3 is 20.3 Å². The number of allylic oxidation sites excluding steroid dienone is 1. The molecule has 1 spiro atoms. The second-order valence-electron chi connectivity index (χ2n) is 14.4. The zero-order chi connectivity index (χ0) is 26.9. The van der Waals surface area contributed by atoms with Gasteiger partial charge in [-0.25, -0.2) is 0 Å². The van der Waals surface area contributed by atoms with E-state index < -0.39 is 40.9 Å². The summed E-state index contributed by atoms with van der Waals surface area (Å²) in [7, 11) is 0. The highest BCUT2D eigenvalue weighted by Crippen LogP contribution is 2.70. The fraction of sp³-hybridized carbons (Fsp3) is 0.688. The Bertz CT molecular complexity index is 1240. The van der Waals surface area contributed by atoms with E-state index in [9.17, 15) is 19.8 Å². The monoisotopic (exact) mass is 519 g/mol. The lowest BCUT2D eigenvalue weighted by Crippen LogP contribution is -2.65. The van der Waals surface area contributed by atoms with Gasteiger partial charge in [0.15, 0.2) is 5.78 Å². The largest absolute Gasteiger partial charge is 0.490 e. The van der Waals surface area contributed by atoms with Crippen LogP contribution in [0, 0.1) is 51.8 Å². The number of ketones is 1. The van der Waals surface area contributed by atoms with Gasteiger partial charge >= 0.3 is 0 Å². The molecule has 0 radical (unpaired) electrons. The quantitative estimate of drug-likeness (QED) is 0.359. The SMILES string of the molecule is CC1=C[C@@]2(C)[C@@H]3C(=O)[C@@]4(C[C@@H]2O)C(=O)NC(Cc2ccc(cc2)O[C@H]2[C@H]3[C@@H]1[C@]1(C)C[C@H](C)C[C@H](C)[C@@H]21)[C@H]4O. The predicted octanol–water partition coefficient (Wildman–Crippen LogP) is 3.69. The first-order valence-electron chi connectivity index (χ1n) is 14.6. The van der Waals surface area contributed by atoms with Crippen molar-refractivity contribution in [3.05, 3.63) is 41.5 Å². The molecule has 13 atom stereocenters. The number of hydrogen-bond acceptors (Lipinski definition) is 5. The average molecular weight is 520 g/mol. The number of rotatable bonds is 0. The van der Waals surface area contributed by atoms with E-state index in [0.717, 1.165) is 24.2 Å². The predicted molar refractivity (Wildman–Crippen MR) is 142 cm³/mol. The van der Waals surface area contributed by atoms with Crippen molar-refractivity contribution >= 4 is 11.7 Å². The van der Waals surface area contributed by atoms with E-state index in [0.29, 0.717) is 18.3 Å². The van der Waals surface area contributed by atoms with Crippen molar-refractivity contribution in [3.63, 3.8) is 0 Å². The highest BCUT2D eigenvalue weighted by molar-refractivity contribution is 6.10. The molecule has 4 fully saturated rings.